The summed E-state index contributed by atoms with van der Waals surface area (Å²) in [5, 5.41) is 0.604. The highest BCUT2D eigenvalue weighted by atomic mass is 16.5. The van der Waals surface area contributed by atoms with Crippen LogP contribution in [-0.4, -0.2) is 30.4 Å². The zero-order valence-electron chi connectivity index (χ0n) is 15.1. The van der Waals surface area contributed by atoms with Gasteiger partial charge in [0, 0.05) is 19.0 Å². The number of hydrogen-bond acceptors (Lipinski definition) is 5. The molecule has 1 heterocycles. The van der Waals surface area contributed by atoms with E-state index in [4.69, 9.17) is 9.15 Å². The van der Waals surface area contributed by atoms with Crippen molar-refractivity contribution in [2.75, 3.05) is 13.7 Å². The summed E-state index contributed by atoms with van der Waals surface area (Å²) in [5.41, 5.74) is 1.46. The van der Waals surface area contributed by atoms with Crippen molar-refractivity contribution in [3.63, 3.8) is 0 Å². The molecule has 0 aliphatic heterocycles. The zero-order valence-corrected chi connectivity index (χ0v) is 15.1. The minimum Gasteiger partial charge on any atom is -0.452 e. The number of benzene rings is 2. The van der Waals surface area contributed by atoms with E-state index in [9.17, 15) is 14.4 Å². The number of likely N-dealkylation sites (N-methyl/N-ethyl adjacent to an activating group) is 1. The van der Waals surface area contributed by atoms with Gasteiger partial charge in [0.15, 0.2) is 6.61 Å². The summed E-state index contributed by atoms with van der Waals surface area (Å²) in [7, 11) is 1.63. The van der Waals surface area contributed by atoms with E-state index in [1.165, 1.54) is 11.0 Å². The molecule has 0 fully saturated rings. The number of carbonyl (C=O) groups excluding carboxylic acids is 2. The molecule has 0 aliphatic carbocycles. The maximum Gasteiger partial charge on any atom is 0.351 e. The number of amides is 1. The molecular weight excluding hydrogens is 346 g/mol. The van der Waals surface area contributed by atoms with Gasteiger partial charge < -0.3 is 14.1 Å². The minimum absolute atomic E-state index is 0.234. The van der Waals surface area contributed by atoms with Crippen LogP contribution in [0, 0.1) is 6.92 Å². The number of ether oxygens (including phenoxy) is 1. The third-order valence-electron chi connectivity index (χ3n) is 4.15. The quantitative estimate of drug-likeness (QED) is 0.513. The second-order valence-corrected chi connectivity index (χ2v) is 6.30. The Morgan fingerprint density at radius 2 is 1.78 bits per heavy atom. The highest BCUT2D eigenvalue weighted by molar-refractivity contribution is 5.94. The summed E-state index contributed by atoms with van der Waals surface area (Å²) < 4.78 is 10.1. The van der Waals surface area contributed by atoms with Gasteiger partial charge in [-0.25, -0.2) is 9.59 Å². The Balaban J connectivity index is 1.63. The van der Waals surface area contributed by atoms with Gasteiger partial charge in [-0.15, -0.1) is 0 Å². The first-order valence-electron chi connectivity index (χ1n) is 8.43. The smallest absolute Gasteiger partial charge is 0.351 e. The van der Waals surface area contributed by atoms with E-state index < -0.39 is 18.2 Å². The molecule has 0 unspecified atom stereocenters. The molecular formula is C21H19NO5. The molecule has 6 heteroatoms. The lowest BCUT2D eigenvalue weighted by atomic mass is 10.1. The average molecular weight is 365 g/mol. The molecule has 138 valence electrons. The van der Waals surface area contributed by atoms with Crippen LogP contribution in [0.15, 0.2) is 63.8 Å². The number of para-hydroxylation sites is 1. The number of hydrogen-bond donors (Lipinski definition) is 0. The summed E-state index contributed by atoms with van der Waals surface area (Å²) in [6.07, 6.45) is 0. The van der Waals surface area contributed by atoms with E-state index in [1.54, 1.807) is 31.3 Å². The summed E-state index contributed by atoms with van der Waals surface area (Å²) in [6, 6.07) is 16.1. The highest BCUT2D eigenvalue weighted by Crippen LogP contribution is 2.13. The first-order valence-corrected chi connectivity index (χ1v) is 8.43. The average Bonchev–Trinajstić information content (AvgIpc) is 2.67. The number of aryl methyl sites for hydroxylation is 1. The van der Waals surface area contributed by atoms with Crippen molar-refractivity contribution in [3.8, 4) is 0 Å². The van der Waals surface area contributed by atoms with Crippen LogP contribution in [0.4, 0.5) is 0 Å². The van der Waals surface area contributed by atoms with Crippen molar-refractivity contribution in [3.05, 3.63) is 81.7 Å². The summed E-state index contributed by atoms with van der Waals surface area (Å²) in [6.45, 7) is 1.93. The fourth-order valence-electron chi connectivity index (χ4n) is 2.58. The zero-order chi connectivity index (χ0) is 19.4. The maximum absolute atomic E-state index is 12.2. The lowest BCUT2D eigenvalue weighted by Gasteiger charge is -2.17. The summed E-state index contributed by atoms with van der Waals surface area (Å²) in [4.78, 5) is 37.8. The Kier molecular flexibility index (Phi) is 5.35. The molecule has 0 saturated heterocycles. The van der Waals surface area contributed by atoms with Crippen molar-refractivity contribution in [2.45, 2.75) is 13.5 Å². The second kappa shape index (κ2) is 7.86. The van der Waals surface area contributed by atoms with Gasteiger partial charge in [0.2, 0.25) is 0 Å². The number of nitrogens with zero attached hydrogens (tertiary/aromatic N) is 1. The first kappa shape index (κ1) is 18.4. The van der Waals surface area contributed by atoms with Gasteiger partial charge in [-0.3, -0.25) is 4.79 Å². The number of carbonyl (C=O) groups is 2. The second-order valence-electron chi connectivity index (χ2n) is 6.30. The van der Waals surface area contributed by atoms with Crippen LogP contribution in [0.1, 0.15) is 21.5 Å². The molecule has 1 aromatic heterocycles. The maximum atomic E-state index is 12.2. The third kappa shape index (κ3) is 4.41. The Morgan fingerprint density at radius 1 is 1.07 bits per heavy atom. The van der Waals surface area contributed by atoms with Crippen LogP contribution in [-0.2, 0) is 16.1 Å². The van der Waals surface area contributed by atoms with E-state index in [1.807, 2.05) is 31.2 Å². The fraction of sp³-hybridized carbons (Fsp3) is 0.190. The summed E-state index contributed by atoms with van der Waals surface area (Å²) >= 11 is 0. The fourth-order valence-corrected chi connectivity index (χ4v) is 2.58. The molecule has 0 atom stereocenters. The Labute approximate surface area is 156 Å². The van der Waals surface area contributed by atoms with Crippen molar-refractivity contribution in [1.82, 2.24) is 4.90 Å². The predicted octanol–water partition coefficient (Wildman–Crippen LogP) is 2.92. The number of esters is 1. The molecule has 2 aromatic carbocycles. The predicted molar refractivity (Wildman–Crippen MR) is 100 cm³/mol. The normalized spacial score (nSPS) is 10.6. The molecule has 0 saturated carbocycles. The molecule has 1 amide bonds. The minimum atomic E-state index is -0.883. The van der Waals surface area contributed by atoms with E-state index in [-0.39, 0.29) is 11.5 Å². The van der Waals surface area contributed by atoms with Gasteiger partial charge in [-0.1, -0.05) is 48.0 Å². The molecule has 6 nitrogen and oxygen atoms in total. The van der Waals surface area contributed by atoms with E-state index in [0.29, 0.717) is 17.5 Å². The van der Waals surface area contributed by atoms with Gasteiger partial charge >= 0.3 is 11.6 Å². The molecule has 3 aromatic rings. The Hall–Kier alpha value is -3.41. The topological polar surface area (TPSA) is 76.8 Å². The lowest BCUT2D eigenvalue weighted by Crippen LogP contribution is -2.31. The molecule has 0 N–H and O–H groups in total. The molecule has 3 rings (SSSR count). The largest absolute Gasteiger partial charge is 0.452 e. The van der Waals surface area contributed by atoms with Gasteiger partial charge in [-0.2, -0.15) is 0 Å². The van der Waals surface area contributed by atoms with Crippen LogP contribution in [0.3, 0.4) is 0 Å². The molecule has 0 bridgehead atoms. The van der Waals surface area contributed by atoms with E-state index in [0.717, 1.165) is 11.1 Å². The van der Waals surface area contributed by atoms with Gasteiger partial charge in [0.05, 0.1) is 0 Å². The summed E-state index contributed by atoms with van der Waals surface area (Å²) in [5.74, 6) is -1.25. The lowest BCUT2D eigenvalue weighted by molar-refractivity contribution is -0.133. The van der Waals surface area contributed by atoms with E-state index >= 15 is 0 Å². The van der Waals surface area contributed by atoms with Gasteiger partial charge in [0.1, 0.15) is 11.1 Å². The van der Waals surface area contributed by atoms with Crippen molar-refractivity contribution in [2.24, 2.45) is 0 Å². The van der Waals surface area contributed by atoms with Gasteiger partial charge in [-0.05, 0) is 24.6 Å². The molecule has 0 radical (unpaired) electrons. The van der Waals surface area contributed by atoms with Crippen molar-refractivity contribution in [1.29, 1.82) is 0 Å². The van der Waals surface area contributed by atoms with Crippen LogP contribution in [0.25, 0.3) is 11.0 Å². The van der Waals surface area contributed by atoms with Gasteiger partial charge in [0.25, 0.3) is 5.91 Å². The SMILES string of the molecule is Cc1ccc(CN(C)C(=O)COC(=O)c2cc3ccccc3oc2=O)cc1. The van der Waals surface area contributed by atoms with Crippen LogP contribution < -0.4 is 5.63 Å². The monoisotopic (exact) mass is 365 g/mol. The van der Waals surface area contributed by atoms with E-state index in [2.05, 4.69) is 0 Å². The van der Waals surface area contributed by atoms with Crippen LogP contribution in [0.5, 0.6) is 0 Å². The molecule has 27 heavy (non-hydrogen) atoms. The van der Waals surface area contributed by atoms with Crippen molar-refractivity contribution < 1.29 is 18.7 Å². The number of fused-ring (bicyclic) bond motifs is 1. The first-order chi connectivity index (χ1) is 12.9. The van der Waals surface area contributed by atoms with Crippen LogP contribution in [0.2, 0.25) is 0 Å². The third-order valence-corrected chi connectivity index (χ3v) is 4.15. The van der Waals surface area contributed by atoms with Crippen LogP contribution >= 0.6 is 0 Å². The Morgan fingerprint density at radius 3 is 2.52 bits per heavy atom. The molecule has 0 aliphatic rings. The standard InChI is InChI=1S/C21H19NO5/c1-14-7-9-15(10-8-14)12-22(2)19(23)13-26-20(24)17-11-16-5-3-4-6-18(16)27-21(17)25/h3-11H,12-13H2,1-2H3. The Bertz CT molecular complexity index is 1040. The van der Waals surface area contributed by atoms with Crippen molar-refractivity contribution >= 4 is 22.8 Å². The number of rotatable bonds is 5. The highest BCUT2D eigenvalue weighted by Gasteiger charge is 2.18. The molecule has 0 spiro atoms.